The Hall–Kier alpha value is -2.99. The Bertz CT molecular complexity index is 901. The molecular formula is C24H28N4O2. The first-order valence-corrected chi connectivity index (χ1v) is 10.7. The third kappa shape index (κ3) is 5.33. The van der Waals surface area contributed by atoms with Crippen molar-refractivity contribution in [3.8, 4) is 0 Å². The Balaban J connectivity index is 1.20. The number of piperidine rings is 1. The molecule has 2 heterocycles. The lowest BCUT2D eigenvalue weighted by atomic mass is 9.89. The Morgan fingerprint density at radius 1 is 1.03 bits per heavy atom. The fraction of sp³-hybridized carbons (Fsp3) is 0.375. The van der Waals surface area contributed by atoms with Crippen LogP contribution in [0.1, 0.15) is 49.1 Å². The van der Waals surface area contributed by atoms with E-state index in [0.29, 0.717) is 25.2 Å². The Morgan fingerprint density at radius 2 is 1.77 bits per heavy atom. The first-order valence-electron chi connectivity index (χ1n) is 10.7. The predicted octanol–water partition coefficient (Wildman–Crippen LogP) is 3.51. The Morgan fingerprint density at radius 3 is 2.43 bits per heavy atom. The average molecular weight is 405 g/mol. The van der Waals surface area contributed by atoms with Gasteiger partial charge in [0.05, 0.1) is 5.71 Å². The Labute approximate surface area is 177 Å². The SMILES string of the molecule is O=C1CCC(c2ccc(NC(=O)CCN3CCC(c4ccccc4)CC3)cc2)=NN1. The van der Waals surface area contributed by atoms with Gasteiger partial charge in [-0.15, -0.1) is 0 Å². The van der Waals surface area contributed by atoms with Crippen LogP contribution in [0.15, 0.2) is 59.7 Å². The zero-order valence-corrected chi connectivity index (χ0v) is 17.1. The first kappa shape index (κ1) is 20.3. The summed E-state index contributed by atoms with van der Waals surface area (Å²) in [5, 5.41) is 7.08. The molecule has 0 atom stereocenters. The highest BCUT2D eigenvalue weighted by Crippen LogP contribution is 2.27. The van der Waals surface area contributed by atoms with Crippen LogP contribution in [0.3, 0.4) is 0 Å². The molecule has 2 N–H and O–H groups in total. The zero-order valence-electron chi connectivity index (χ0n) is 17.1. The fourth-order valence-electron chi connectivity index (χ4n) is 4.13. The molecule has 156 valence electrons. The van der Waals surface area contributed by atoms with Crippen molar-refractivity contribution in [1.29, 1.82) is 0 Å². The van der Waals surface area contributed by atoms with Crippen molar-refractivity contribution < 1.29 is 9.59 Å². The van der Waals surface area contributed by atoms with Crippen molar-refractivity contribution >= 4 is 23.2 Å². The van der Waals surface area contributed by atoms with Crippen molar-refractivity contribution in [1.82, 2.24) is 10.3 Å². The number of nitrogens with zero attached hydrogens (tertiary/aromatic N) is 2. The lowest BCUT2D eigenvalue weighted by Crippen LogP contribution is -2.35. The third-order valence-corrected chi connectivity index (χ3v) is 5.92. The minimum absolute atomic E-state index is 0.0372. The van der Waals surface area contributed by atoms with Crippen molar-refractivity contribution in [3.05, 3.63) is 65.7 Å². The van der Waals surface area contributed by atoms with E-state index in [4.69, 9.17) is 0 Å². The van der Waals surface area contributed by atoms with Crippen LogP contribution in [0.25, 0.3) is 0 Å². The molecule has 4 rings (SSSR count). The molecule has 0 aromatic heterocycles. The molecule has 2 amide bonds. The van der Waals surface area contributed by atoms with Gasteiger partial charge in [0.15, 0.2) is 0 Å². The standard InChI is InChI=1S/C24H28N4O2/c29-23(14-17-28-15-12-19(13-16-28)18-4-2-1-3-5-18)25-21-8-6-20(7-9-21)22-10-11-24(30)27-26-22/h1-9,19H,10-17H2,(H,25,29)(H,27,30). The quantitative estimate of drug-likeness (QED) is 0.774. The van der Waals surface area contributed by atoms with Gasteiger partial charge in [-0.25, -0.2) is 5.43 Å². The molecule has 6 heteroatoms. The summed E-state index contributed by atoms with van der Waals surface area (Å²) in [4.78, 5) is 25.9. The van der Waals surface area contributed by atoms with Crippen LogP contribution in [-0.4, -0.2) is 42.1 Å². The molecule has 0 aliphatic carbocycles. The normalized spacial score (nSPS) is 17.9. The number of hydrogen-bond acceptors (Lipinski definition) is 4. The van der Waals surface area contributed by atoms with Crippen LogP contribution in [-0.2, 0) is 9.59 Å². The van der Waals surface area contributed by atoms with E-state index in [1.54, 1.807) is 0 Å². The Kier molecular flexibility index (Phi) is 6.54. The van der Waals surface area contributed by atoms with E-state index in [2.05, 4.69) is 51.1 Å². The highest BCUT2D eigenvalue weighted by atomic mass is 16.2. The number of amides is 2. The van der Waals surface area contributed by atoms with E-state index >= 15 is 0 Å². The first-order chi connectivity index (χ1) is 14.7. The van der Waals surface area contributed by atoms with Crippen molar-refractivity contribution in [3.63, 3.8) is 0 Å². The van der Waals surface area contributed by atoms with E-state index in [1.807, 2.05) is 24.3 Å². The molecule has 0 saturated carbocycles. The summed E-state index contributed by atoms with van der Waals surface area (Å²) in [6, 6.07) is 18.4. The van der Waals surface area contributed by atoms with Crippen LogP contribution >= 0.6 is 0 Å². The highest BCUT2D eigenvalue weighted by Gasteiger charge is 2.20. The molecule has 0 spiro atoms. The smallest absolute Gasteiger partial charge is 0.240 e. The van der Waals surface area contributed by atoms with Gasteiger partial charge in [0.2, 0.25) is 11.8 Å². The molecule has 1 saturated heterocycles. The van der Waals surface area contributed by atoms with E-state index in [0.717, 1.165) is 49.4 Å². The van der Waals surface area contributed by atoms with Gasteiger partial charge in [0.1, 0.15) is 0 Å². The summed E-state index contributed by atoms with van der Waals surface area (Å²) in [5.41, 5.74) is 6.56. The summed E-state index contributed by atoms with van der Waals surface area (Å²) in [6.07, 6.45) is 3.89. The van der Waals surface area contributed by atoms with Crippen LogP contribution in [0.2, 0.25) is 0 Å². The van der Waals surface area contributed by atoms with Crippen LogP contribution in [0, 0.1) is 0 Å². The summed E-state index contributed by atoms with van der Waals surface area (Å²) in [6.45, 7) is 2.88. The molecule has 1 fully saturated rings. The zero-order chi connectivity index (χ0) is 20.8. The molecule has 0 unspecified atom stereocenters. The molecule has 6 nitrogen and oxygen atoms in total. The van der Waals surface area contributed by atoms with Crippen LogP contribution < -0.4 is 10.7 Å². The molecule has 30 heavy (non-hydrogen) atoms. The van der Waals surface area contributed by atoms with Gasteiger partial charge in [-0.1, -0.05) is 42.5 Å². The van der Waals surface area contributed by atoms with Gasteiger partial charge in [-0.05, 0) is 55.1 Å². The van der Waals surface area contributed by atoms with Gasteiger partial charge in [0, 0.05) is 31.5 Å². The number of anilines is 1. The second kappa shape index (κ2) is 9.67. The van der Waals surface area contributed by atoms with E-state index in [1.165, 1.54) is 5.56 Å². The lowest BCUT2D eigenvalue weighted by Gasteiger charge is -2.32. The van der Waals surface area contributed by atoms with Crippen LogP contribution in [0.5, 0.6) is 0 Å². The maximum Gasteiger partial charge on any atom is 0.240 e. The molecule has 0 bridgehead atoms. The molecule has 2 aromatic rings. The maximum absolute atomic E-state index is 12.4. The molecule has 2 aromatic carbocycles. The number of carbonyl (C=O) groups is 2. The second-order valence-electron chi connectivity index (χ2n) is 8.00. The topological polar surface area (TPSA) is 73.8 Å². The van der Waals surface area contributed by atoms with E-state index < -0.39 is 0 Å². The summed E-state index contributed by atoms with van der Waals surface area (Å²) < 4.78 is 0. The lowest BCUT2D eigenvalue weighted by molar-refractivity contribution is -0.121. The van der Waals surface area contributed by atoms with Crippen molar-refractivity contribution in [2.24, 2.45) is 5.10 Å². The number of carbonyl (C=O) groups excluding carboxylic acids is 2. The van der Waals surface area contributed by atoms with Gasteiger partial charge in [-0.3, -0.25) is 9.59 Å². The van der Waals surface area contributed by atoms with Crippen molar-refractivity contribution in [2.75, 3.05) is 25.0 Å². The van der Waals surface area contributed by atoms with E-state index in [9.17, 15) is 9.59 Å². The summed E-state index contributed by atoms with van der Waals surface area (Å²) in [5.74, 6) is 0.624. The highest BCUT2D eigenvalue weighted by molar-refractivity contribution is 6.04. The number of benzene rings is 2. The van der Waals surface area contributed by atoms with Gasteiger partial charge >= 0.3 is 0 Å². The number of rotatable bonds is 6. The molecule has 2 aliphatic heterocycles. The monoisotopic (exact) mass is 404 g/mol. The van der Waals surface area contributed by atoms with E-state index in [-0.39, 0.29) is 11.8 Å². The number of hydrazone groups is 1. The minimum Gasteiger partial charge on any atom is -0.326 e. The second-order valence-corrected chi connectivity index (χ2v) is 8.00. The minimum atomic E-state index is -0.0491. The molecule has 0 radical (unpaired) electrons. The predicted molar refractivity (Wildman–Crippen MR) is 118 cm³/mol. The maximum atomic E-state index is 12.4. The number of hydrogen-bond donors (Lipinski definition) is 2. The largest absolute Gasteiger partial charge is 0.326 e. The average Bonchev–Trinajstić information content (AvgIpc) is 2.80. The summed E-state index contributed by atoms with van der Waals surface area (Å²) in [7, 11) is 0. The van der Waals surface area contributed by atoms with Gasteiger partial charge in [0.25, 0.3) is 0 Å². The molecule has 2 aliphatic rings. The summed E-state index contributed by atoms with van der Waals surface area (Å²) >= 11 is 0. The number of nitrogens with one attached hydrogen (secondary N) is 2. The van der Waals surface area contributed by atoms with Crippen molar-refractivity contribution in [2.45, 2.75) is 38.0 Å². The molecular weight excluding hydrogens is 376 g/mol. The van der Waals surface area contributed by atoms with Crippen LogP contribution in [0.4, 0.5) is 5.69 Å². The number of likely N-dealkylation sites (tertiary alicyclic amines) is 1. The third-order valence-electron chi connectivity index (χ3n) is 5.92. The fourth-order valence-corrected chi connectivity index (χ4v) is 4.13. The van der Waals surface area contributed by atoms with Gasteiger partial charge in [-0.2, -0.15) is 5.10 Å². The van der Waals surface area contributed by atoms with Gasteiger partial charge < -0.3 is 10.2 Å².